The van der Waals surface area contributed by atoms with E-state index in [0.717, 1.165) is 5.56 Å². The van der Waals surface area contributed by atoms with Gasteiger partial charge < -0.3 is 0 Å². The lowest BCUT2D eigenvalue weighted by atomic mass is 9.80. The third-order valence-corrected chi connectivity index (χ3v) is 9.09. The Morgan fingerprint density at radius 3 is 1.48 bits per heavy atom. The van der Waals surface area contributed by atoms with E-state index < -0.39 is 23.5 Å². The Kier molecular flexibility index (Phi) is 9.10. The molecule has 0 saturated carbocycles. The fourth-order valence-electron chi connectivity index (χ4n) is 5.68. The van der Waals surface area contributed by atoms with Gasteiger partial charge in [0.25, 0.3) is 0 Å². The zero-order valence-corrected chi connectivity index (χ0v) is 27.8. The lowest BCUT2D eigenvalue weighted by Crippen LogP contribution is -2.69. The van der Waals surface area contributed by atoms with Crippen LogP contribution < -0.4 is 5.32 Å². The summed E-state index contributed by atoms with van der Waals surface area (Å²) in [7, 11) is 3.93. The third kappa shape index (κ3) is 5.99. The maximum atomic E-state index is 7.20. The number of rotatable bonds is 12. The van der Waals surface area contributed by atoms with Gasteiger partial charge in [0.2, 0.25) is 0 Å². The number of likely N-dealkylation sites (N-methyl/N-ethyl adjacent to an activating group) is 1. The average molecular weight is 702 g/mol. The molecule has 1 N–H and O–H groups in total. The second kappa shape index (κ2) is 13.1. The molecule has 0 amide bonds. The highest BCUT2D eigenvalue weighted by Crippen LogP contribution is 2.48. The van der Waals surface area contributed by atoms with E-state index >= 15 is 0 Å². The minimum absolute atomic E-state index is 0.348. The van der Waals surface area contributed by atoms with Gasteiger partial charge in [-0.3, -0.25) is 10.2 Å². The standard InChI is InChI=1S/C28H28Cl4N14/c1-27(42(2)3,10-19-4-5-20(29)8-23(19)31)41-28(22-7-6-21(30)9-24(22)32,25(43-15-33-11-37-43)44-16-34-12-38-44)26(45-17-35-13-39-45)46-18-36-14-40-46/h4-9,11-18,25-26,41H,10H2,1-3H3. The van der Waals surface area contributed by atoms with Crippen molar-refractivity contribution in [1.82, 2.24) is 69.3 Å². The molecule has 0 spiro atoms. The molecule has 4 heterocycles. The molecular formula is C28H28Cl4N14. The molecule has 2 aromatic carbocycles. The Bertz CT molecular complexity index is 1720. The van der Waals surface area contributed by atoms with Crippen molar-refractivity contribution in [3.8, 4) is 0 Å². The molecule has 6 aromatic rings. The molecule has 0 aliphatic heterocycles. The predicted molar refractivity (Wildman–Crippen MR) is 172 cm³/mol. The minimum Gasteiger partial charge on any atom is -0.292 e. The van der Waals surface area contributed by atoms with E-state index in [-0.39, 0.29) is 0 Å². The summed E-state index contributed by atoms with van der Waals surface area (Å²) in [6, 6.07) is 10.7. The SMILES string of the molecule is CN(C)C(C)(Cc1ccc(Cl)cc1Cl)NC(c1ccc(Cl)cc1Cl)(C(n1cncn1)n1cncn1)C(n1cncn1)n1cncn1. The molecule has 238 valence electrons. The van der Waals surface area contributed by atoms with Crippen molar-refractivity contribution in [3.63, 3.8) is 0 Å². The van der Waals surface area contributed by atoms with Gasteiger partial charge in [-0.15, -0.1) is 0 Å². The van der Waals surface area contributed by atoms with Gasteiger partial charge in [-0.1, -0.05) is 58.5 Å². The minimum atomic E-state index is -1.41. The van der Waals surface area contributed by atoms with Crippen LogP contribution in [0.4, 0.5) is 0 Å². The zero-order chi connectivity index (χ0) is 32.5. The van der Waals surface area contributed by atoms with Gasteiger partial charge in [0.05, 0.1) is 5.66 Å². The van der Waals surface area contributed by atoms with Crippen molar-refractivity contribution >= 4 is 46.4 Å². The van der Waals surface area contributed by atoms with Crippen LogP contribution in [-0.4, -0.2) is 83.7 Å². The van der Waals surface area contributed by atoms with Crippen LogP contribution in [0.2, 0.25) is 20.1 Å². The molecule has 0 aliphatic rings. The summed E-state index contributed by atoms with van der Waals surface area (Å²) in [4.78, 5) is 19.2. The van der Waals surface area contributed by atoms with Crippen LogP contribution in [-0.2, 0) is 12.0 Å². The Balaban J connectivity index is 1.73. The van der Waals surface area contributed by atoms with Gasteiger partial charge in [-0.25, -0.2) is 38.7 Å². The molecular weight excluding hydrogens is 674 g/mol. The summed E-state index contributed by atoms with van der Waals surface area (Å²) in [6.45, 7) is 2.05. The molecule has 0 saturated heterocycles. The Hall–Kier alpha value is -3.92. The fourth-order valence-corrected chi connectivity index (χ4v) is 6.72. The van der Waals surface area contributed by atoms with Crippen molar-refractivity contribution in [3.05, 3.63) is 118 Å². The van der Waals surface area contributed by atoms with Gasteiger partial charge >= 0.3 is 0 Å². The maximum Gasteiger partial charge on any atom is 0.173 e. The number of halogens is 4. The third-order valence-electron chi connectivity index (χ3n) is 7.95. The molecule has 0 fully saturated rings. The van der Waals surface area contributed by atoms with E-state index in [0.29, 0.717) is 32.1 Å². The molecule has 6 rings (SSSR count). The highest BCUT2D eigenvalue weighted by atomic mass is 35.5. The quantitative estimate of drug-likeness (QED) is 0.182. The molecule has 1 unspecified atom stereocenters. The molecule has 4 aromatic heterocycles. The van der Waals surface area contributed by atoms with Crippen molar-refractivity contribution in [2.24, 2.45) is 0 Å². The predicted octanol–water partition coefficient (Wildman–Crippen LogP) is 4.47. The zero-order valence-electron chi connectivity index (χ0n) is 24.8. The molecule has 0 bridgehead atoms. The molecule has 14 nitrogen and oxygen atoms in total. The van der Waals surface area contributed by atoms with Crippen molar-refractivity contribution in [2.45, 2.75) is 36.9 Å². The van der Waals surface area contributed by atoms with Crippen LogP contribution in [0.3, 0.4) is 0 Å². The fraction of sp³-hybridized carbons (Fsp3) is 0.286. The first-order valence-electron chi connectivity index (χ1n) is 13.8. The van der Waals surface area contributed by atoms with Crippen molar-refractivity contribution in [1.29, 1.82) is 0 Å². The van der Waals surface area contributed by atoms with Gasteiger partial charge in [0.1, 0.15) is 56.2 Å². The molecule has 46 heavy (non-hydrogen) atoms. The van der Waals surface area contributed by atoms with Gasteiger partial charge in [-0.2, -0.15) is 20.4 Å². The number of nitrogens with zero attached hydrogens (tertiary/aromatic N) is 13. The van der Waals surface area contributed by atoms with E-state index in [1.54, 1.807) is 62.2 Å². The molecule has 1 atom stereocenters. The van der Waals surface area contributed by atoms with E-state index in [1.807, 2.05) is 32.3 Å². The summed E-state index contributed by atoms with van der Waals surface area (Å²) in [5, 5.41) is 24.3. The van der Waals surface area contributed by atoms with Crippen LogP contribution in [0.25, 0.3) is 0 Å². The first-order valence-corrected chi connectivity index (χ1v) is 15.4. The highest BCUT2D eigenvalue weighted by Gasteiger charge is 2.57. The monoisotopic (exact) mass is 700 g/mol. The van der Waals surface area contributed by atoms with Crippen LogP contribution in [0.15, 0.2) is 87.0 Å². The molecule has 0 aliphatic carbocycles. The Morgan fingerprint density at radius 1 is 0.674 bits per heavy atom. The highest BCUT2D eigenvalue weighted by molar-refractivity contribution is 6.35. The maximum absolute atomic E-state index is 7.20. The normalized spacial score (nSPS) is 13.6. The van der Waals surface area contributed by atoms with Gasteiger partial charge in [0, 0.05) is 26.5 Å². The van der Waals surface area contributed by atoms with Crippen LogP contribution >= 0.6 is 46.4 Å². The summed E-state index contributed by atoms with van der Waals surface area (Å²) in [5.41, 5.74) is -0.857. The number of benzene rings is 2. The topological polar surface area (TPSA) is 138 Å². The van der Waals surface area contributed by atoms with Gasteiger partial charge in [0.15, 0.2) is 12.3 Å². The summed E-state index contributed by atoms with van der Waals surface area (Å²) >= 11 is 26.7. The Labute approximate surface area is 283 Å². The number of aromatic nitrogens is 12. The second-order valence-electron chi connectivity index (χ2n) is 10.9. The number of hydrogen-bond donors (Lipinski definition) is 1. The Morgan fingerprint density at radius 2 is 1.11 bits per heavy atom. The number of hydrogen-bond acceptors (Lipinski definition) is 10. The van der Waals surface area contributed by atoms with Crippen LogP contribution in [0.1, 0.15) is 30.4 Å². The van der Waals surface area contributed by atoms with Crippen molar-refractivity contribution in [2.75, 3.05) is 14.1 Å². The van der Waals surface area contributed by atoms with E-state index in [1.165, 1.54) is 25.3 Å². The smallest absolute Gasteiger partial charge is 0.173 e. The molecule has 0 radical (unpaired) electrons. The van der Waals surface area contributed by atoms with Crippen molar-refractivity contribution < 1.29 is 0 Å². The molecule has 18 heteroatoms. The van der Waals surface area contributed by atoms with Gasteiger partial charge in [-0.05, 0) is 56.4 Å². The van der Waals surface area contributed by atoms with E-state index in [4.69, 9.17) is 46.4 Å². The lowest BCUT2D eigenvalue weighted by Gasteiger charge is -2.52. The van der Waals surface area contributed by atoms with Crippen LogP contribution in [0, 0.1) is 0 Å². The van der Waals surface area contributed by atoms with Crippen LogP contribution in [0.5, 0.6) is 0 Å². The summed E-state index contributed by atoms with van der Waals surface area (Å²) < 4.78 is 6.66. The first kappa shape index (κ1) is 32.0. The number of nitrogens with one attached hydrogen (secondary N) is 1. The lowest BCUT2D eigenvalue weighted by molar-refractivity contribution is -0.0115. The average Bonchev–Trinajstić information content (AvgIpc) is 3.85. The summed E-state index contributed by atoms with van der Waals surface area (Å²) in [6.07, 6.45) is 10.8. The largest absolute Gasteiger partial charge is 0.292 e. The summed E-state index contributed by atoms with van der Waals surface area (Å²) in [5.74, 6) is 0. The second-order valence-corrected chi connectivity index (χ2v) is 12.6. The van der Waals surface area contributed by atoms with E-state index in [9.17, 15) is 0 Å². The van der Waals surface area contributed by atoms with E-state index in [2.05, 4.69) is 57.5 Å². The first-order chi connectivity index (χ1) is 22.1.